The fourth-order valence-corrected chi connectivity index (χ4v) is 7.55. The van der Waals surface area contributed by atoms with Gasteiger partial charge in [0.25, 0.3) is 5.91 Å². The molecular weight excluding hydrogens is 783 g/mol. The van der Waals surface area contributed by atoms with Crippen LogP contribution in [0.25, 0.3) is 22.2 Å². The van der Waals surface area contributed by atoms with Gasteiger partial charge in [0.1, 0.15) is 29.6 Å². The van der Waals surface area contributed by atoms with E-state index in [1.165, 1.54) is 11.2 Å². The van der Waals surface area contributed by atoms with Crippen LogP contribution >= 0.6 is 0 Å². The molecule has 4 aromatic heterocycles. The Labute approximate surface area is 349 Å². The molecular formula is C42H45N13O6. The van der Waals surface area contributed by atoms with Crippen LogP contribution in [0.4, 0.5) is 27.8 Å². The molecule has 2 aliphatic heterocycles. The van der Waals surface area contributed by atoms with Crippen LogP contribution < -0.4 is 27.0 Å². The summed E-state index contributed by atoms with van der Waals surface area (Å²) in [5, 5.41) is 24.0. The second-order valence-electron chi connectivity index (χ2n) is 16.1. The Hall–Kier alpha value is -7.44. The number of imide groups is 1. The minimum Gasteiger partial charge on any atom is -0.383 e. The summed E-state index contributed by atoms with van der Waals surface area (Å²) in [7, 11) is 0. The molecule has 314 valence electrons. The first-order valence-corrected chi connectivity index (χ1v) is 20.0. The number of aryl methyl sites for hydroxylation is 3. The lowest BCUT2D eigenvalue weighted by molar-refractivity contribution is -0.137. The standard InChI is InChI=1S/C42H45N13O6/c1-42(2,3)32-19-33(51-61-32)48-41(60)46-25-13-11-24(12-14-25)28-21-53(38-36(28)37(43)44-23-45-38)17-5-7-26-20-54(52-50-26)18-6-10-34(56)47-30-9-4-8-27-29(30)22-55(40(27)59)31-15-16-35(57)49-39(31)58/h4,8-9,11-14,19-21,23,31H,5-7,10,15-18,22H2,1-3H3,(H,47,56)(H2,43,44,45)(H,49,57,58)(H2,46,48,51,60). The molecule has 0 spiro atoms. The van der Waals surface area contributed by atoms with Crippen molar-refractivity contribution < 1.29 is 28.5 Å². The van der Waals surface area contributed by atoms with Crippen molar-refractivity contribution in [2.75, 3.05) is 21.7 Å². The maximum atomic E-state index is 13.1. The highest BCUT2D eigenvalue weighted by atomic mass is 16.5. The van der Waals surface area contributed by atoms with Crippen molar-refractivity contribution in [2.24, 2.45) is 0 Å². The van der Waals surface area contributed by atoms with Crippen molar-refractivity contribution in [2.45, 2.75) is 90.4 Å². The summed E-state index contributed by atoms with van der Waals surface area (Å²) in [4.78, 5) is 73.1. The van der Waals surface area contributed by atoms with Crippen LogP contribution in [0.1, 0.15) is 80.3 Å². The molecule has 6 aromatic rings. The van der Waals surface area contributed by atoms with E-state index in [9.17, 15) is 24.0 Å². The Balaban J connectivity index is 0.822. The van der Waals surface area contributed by atoms with Gasteiger partial charge in [-0.05, 0) is 55.5 Å². The highest BCUT2D eigenvalue weighted by molar-refractivity contribution is 6.07. The molecule has 19 nitrogen and oxygen atoms in total. The number of nitrogens with zero attached hydrogens (tertiary/aromatic N) is 8. The largest absolute Gasteiger partial charge is 0.383 e. The predicted octanol–water partition coefficient (Wildman–Crippen LogP) is 5.01. The first-order valence-electron chi connectivity index (χ1n) is 20.0. The number of anilines is 4. The fourth-order valence-electron chi connectivity index (χ4n) is 7.55. The van der Waals surface area contributed by atoms with Crippen LogP contribution in [0, 0.1) is 0 Å². The molecule has 6 heterocycles. The zero-order valence-electron chi connectivity index (χ0n) is 33.9. The molecule has 0 aliphatic carbocycles. The summed E-state index contributed by atoms with van der Waals surface area (Å²) in [6.45, 7) is 7.26. The molecule has 19 heteroatoms. The molecule has 2 aliphatic rings. The van der Waals surface area contributed by atoms with E-state index in [4.69, 9.17) is 10.3 Å². The van der Waals surface area contributed by atoms with E-state index in [0.29, 0.717) is 71.5 Å². The van der Waals surface area contributed by atoms with E-state index in [-0.39, 0.29) is 48.9 Å². The van der Waals surface area contributed by atoms with E-state index in [0.717, 1.165) is 28.6 Å². The van der Waals surface area contributed by atoms with Gasteiger partial charge in [-0.1, -0.05) is 49.3 Å². The smallest absolute Gasteiger partial charge is 0.324 e. The molecule has 1 saturated heterocycles. The second-order valence-corrected chi connectivity index (χ2v) is 16.1. The quantitative estimate of drug-likeness (QED) is 0.0964. The van der Waals surface area contributed by atoms with Crippen molar-refractivity contribution in [3.8, 4) is 11.1 Å². The van der Waals surface area contributed by atoms with Crippen molar-refractivity contribution in [3.05, 3.63) is 89.8 Å². The summed E-state index contributed by atoms with van der Waals surface area (Å²) in [6, 6.07) is 13.0. The molecule has 1 unspecified atom stereocenters. The Morgan fingerprint density at radius 1 is 0.967 bits per heavy atom. The molecule has 0 radical (unpaired) electrons. The van der Waals surface area contributed by atoms with E-state index in [1.54, 1.807) is 41.1 Å². The van der Waals surface area contributed by atoms with Crippen LogP contribution in [-0.2, 0) is 45.9 Å². The van der Waals surface area contributed by atoms with E-state index < -0.39 is 18.0 Å². The van der Waals surface area contributed by atoms with Crippen LogP contribution in [-0.4, -0.2) is 75.3 Å². The number of hydrogen-bond acceptors (Lipinski definition) is 12. The van der Waals surface area contributed by atoms with E-state index in [2.05, 4.69) is 46.7 Å². The monoisotopic (exact) mass is 827 g/mol. The first-order chi connectivity index (χ1) is 29.3. The maximum absolute atomic E-state index is 13.1. The van der Waals surface area contributed by atoms with Gasteiger partial charge in [-0.15, -0.1) is 5.10 Å². The van der Waals surface area contributed by atoms with Gasteiger partial charge in [-0.3, -0.25) is 34.5 Å². The molecule has 8 rings (SSSR count). The highest BCUT2D eigenvalue weighted by Crippen LogP contribution is 2.35. The fraction of sp³-hybridized carbons (Fsp3) is 0.333. The lowest BCUT2D eigenvalue weighted by Crippen LogP contribution is -2.52. The number of nitrogen functional groups attached to an aromatic ring is 1. The second kappa shape index (κ2) is 16.7. The summed E-state index contributed by atoms with van der Waals surface area (Å²) in [5.74, 6) is 0.00103. The zero-order chi connectivity index (χ0) is 42.8. The van der Waals surface area contributed by atoms with E-state index >= 15 is 0 Å². The van der Waals surface area contributed by atoms with Crippen LogP contribution in [0.5, 0.6) is 0 Å². The minimum absolute atomic E-state index is 0.166. The van der Waals surface area contributed by atoms with Crippen LogP contribution in [0.2, 0.25) is 0 Å². The lowest BCUT2D eigenvalue weighted by atomic mass is 9.93. The van der Waals surface area contributed by atoms with Gasteiger partial charge in [0.05, 0.1) is 11.1 Å². The number of amides is 6. The third kappa shape index (κ3) is 8.80. The highest BCUT2D eigenvalue weighted by Gasteiger charge is 2.40. The molecule has 61 heavy (non-hydrogen) atoms. The van der Waals surface area contributed by atoms with Gasteiger partial charge in [-0.25, -0.2) is 14.8 Å². The minimum atomic E-state index is -0.734. The van der Waals surface area contributed by atoms with Crippen LogP contribution in [0.15, 0.2) is 71.8 Å². The third-order valence-corrected chi connectivity index (χ3v) is 10.7. The summed E-state index contributed by atoms with van der Waals surface area (Å²) >= 11 is 0. The number of urea groups is 1. The molecule has 1 fully saturated rings. The number of benzene rings is 2. The number of carbonyl (C=O) groups is 5. The maximum Gasteiger partial charge on any atom is 0.324 e. The Kier molecular flexibility index (Phi) is 11.0. The average Bonchev–Trinajstić information content (AvgIpc) is 4.03. The molecule has 1 atom stereocenters. The first kappa shape index (κ1) is 40.3. The van der Waals surface area contributed by atoms with Gasteiger partial charge in [0.15, 0.2) is 5.82 Å². The van der Waals surface area contributed by atoms with Crippen molar-refractivity contribution >= 4 is 63.7 Å². The zero-order valence-corrected chi connectivity index (χ0v) is 33.9. The van der Waals surface area contributed by atoms with Gasteiger partial charge in [0, 0.05) is 84.4 Å². The van der Waals surface area contributed by atoms with Gasteiger partial charge in [-0.2, -0.15) is 0 Å². The molecule has 0 bridgehead atoms. The van der Waals surface area contributed by atoms with E-state index in [1.807, 2.05) is 49.9 Å². The summed E-state index contributed by atoms with van der Waals surface area (Å²) in [5.41, 5.74) is 11.6. The number of carbonyl (C=O) groups excluding carboxylic acids is 5. The van der Waals surface area contributed by atoms with Crippen molar-refractivity contribution in [3.63, 3.8) is 0 Å². The summed E-state index contributed by atoms with van der Waals surface area (Å²) in [6.07, 6.45) is 7.86. The number of nitrogens with one attached hydrogen (secondary N) is 4. The third-order valence-electron chi connectivity index (χ3n) is 10.7. The predicted molar refractivity (Wildman–Crippen MR) is 224 cm³/mol. The number of hydrogen-bond donors (Lipinski definition) is 5. The van der Waals surface area contributed by atoms with Crippen molar-refractivity contribution in [1.82, 2.24) is 44.9 Å². The normalized spacial score (nSPS) is 15.2. The molecule has 2 aromatic carbocycles. The Morgan fingerprint density at radius 3 is 2.56 bits per heavy atom. The Bertz CT molecular complexity index is 2660. The number of nitrogens with two attached hydrogens (primary N) is 1. The Morgan fingerprint density at radius 2 is 1.79 bits per heavy atom. The number of rotatable bonds is 13. The van der Waals surface area contributed by atoms with Gasteiger partial charge >= 0.3 is 6.03 Å². The van der Waals surface area contributed by atoms with Gasteiger partial charge in [0.2, 0.25) is 17.7 Å². The SMILES string of the molecule is CC(C)(C)c1cc(NC(=O)Nc2ccc(-c3cn(CCCc4cn(CCCC(=O)Nc5cccc6c5CN(C5CCC(=O)NC5=O)C6=O)nn4)c4ncnc(N)c34)cc2)no1. The topological polar surface area (TPSA) is 250 Å². The molecule has 6 amide bonds. The number of fused-ring (bicyclic) bond motifs is 2. The lowest BCUT2D eigenvalue weighted by Gasteiger charge is -2.29. The number of aromatic nitrogens is 7. The molecule has 6 N–H and O–H groups in total. The van der Waals surface area contributed by atoms with Crippen LogP contribution in [0.3, 0.4) is 0 Å². The van der Waals surface area contributed by atoms with Gasteiger partial charge < -0.3 is 30.4 Å². The summed E-state index contributed by atoms with van der Waals surface area (Å²) < 4.78 is 9.11. The van der Waals surface area contributed by atoms with Crippen molar-refractivity contribution in [1.29, 1.82) is 0 Å². The molecule has 0 saturated carbocycles. The average molecular weight is 828 g/mol. The number of piperidine rings is 1.